The molecule has 0 amide bonds. The molecule has 0 saturated heterocycles. The van der Waals surface area contributed by atoms with Crippen LogP contribution in [0.4, 0.5) is 0 Å². The Morgan fingerprint density at radius 1 is 0.697 bits per heavy atom. The van der Waals surface area contributed by atoms with E-state index in [1.165, 1.54) is 11.1 Å². The summed E-state index contributed by atoms with van der Waals surface area (Å²) in [5.41, 5.74) is 7.24. The zero-order valence-electron chi connectivity index (χ0n) is 20.8. The van der Waals surface area contributed by atoms with Gasteiger partial charge in [-0.2, -0.15) is 0 Å². The minimum absolute atomic E-state index is 0.183. The lowest BCUT2D eigenvalue weighted by Gasteiger charge is -2.39. The van der Waals surface area contributed by atoms with E-state index in [1.807, 2.05) is 51.1 Å². The van der Waals surface area contributed by atoms with Crippen LogP contribution >= 0.6 is 0 Å². The summed E-state index contributed by atoms with van der Waals surface area (Å²) in [5.74, 6) is 0.815. The van der Waals surface area contributed by atoms with Gasteiger partial charge in [0.25, 0.3) is 0 Å². The number of rotatable bonds is 6. The maximum Gasteiger partial charge on any atom is 0.115 e. The van der Waals surface area contributed by atoms with Gasteiger partial charge in [-0.05, 0) is 115 Å². The molecule has 3 N–H and O–H groups in total. The van der Waals surface area contributed by atoms with Gasteiger partial charge in [0.2, 0.25) is 0 Å². The van der Waals surface area contributed by atoms with Gasteiger partial charge in [0, 0.05) is 5.41 Å². The molecule has 0 spiro atoms. The zero-order chi connectivity index (χ0) is 24.6. The minimum Gasteiger partial charge on any atom is -0.508 e. The maximum absolute atomic E-state index is 10.0. The summed E-state index contributed by atoms with van der Waals surface area (Å²) in [7, 11) is 0. The van der Waals surface area contributed by atoms with Gasteiger partial charge < -0.3 is 15.3 Å². The normalized spacial score (nSPS) is 14.2. The molecule has 3 aromatic carbocycles. The third-order valence-corrected chi connectivity index (χ3v) is 6.74. The smallest absolute Gasteiger partial charge is 0.115 e. The van der Waals surface area contributed by atoms with Crippen molar-refractivity contribution in [2.45, 2.75) is 65.7 Å². The highest BCUT2D eigenvalue weighted by Crippen LogP contribution is 2.44. The topological polar surface area (TPSA) is 60.7 Å². The molecule has 1 atom stereocenters. The van der Waals surface area contributed by atoms with Crippen molar-refractivity contribution in [1.29, 1.82) is 0 Å². The monoisotopic (exact) mass is 444 g/mol. The van der Waals surface area contributed by atoms with Crippen LogP contribution in [-0.2, 0) is 10.8 Å². The quantitative estimate of drug-likeness (QED) is 0.370. The van der Waals surface area contributed by atoms with E-state index in [9.17, 15) is 15.3 Å². The number of hydrogen-bond donors (Lipinski definition) is 3. The summed E-state index contributed by atoms with van der Waals surface area (Å²) in [6.07, 6.45) is 3.15. The van der Waals surface area contributed by atoms with Gasteiger partial charge in [-0.15, -0.1) is 0 Å². The molecule has 0 aromatic heterocycles. The predicted molar refractivity (Wildman–Crippen MR) is 137 cm³/mol. The molecule has 0 heterocycles. The lowest BCUT2D eigenvalue weighted by molar-refractivity contribution is 0.376. The third kappa shape index (κ3) is 5.24. The third-order valence-electron chi connectivity index (χ3n) is 6.74. The highest BCUT2D eigenvalue weighted by atomic mass is 16.3. The van der Waals surface area contributed by atoms with Gasteiger partial charge in [-0.25, -0.2) is 0 Å². The Morgan fingerprint density at radius 3 is 1.64 bits per heavy atom. The zero-order valence-corrected chi connectivity index (χ0v) is 20.8. The largest absolute Gasteiger partial charge is 0.508 e. The number of phenolic OH excluding ortho intramolecular Hbond substituents is 3. The van der Waals surface area contributed by atoms with Crippen molar-refractivity contribution in [3.8, 4) is 17.2 Å². The number of benzene rings is 3. The van der Waals surface area contributed by atoms with E-state index in [0.29, 0.717) is 0 Å². The summed E-state index contributed by atoms with van der Waals surface area (Å²) in [6.45, 7) is 15.0. The van der Waals surface area contributed by atoms with Crippen LogP contribution in [0.15, 0.2) is 60.7 Å². The number of aryl methyl sites for hydroxylation is 3. The lowest BCUT2D eigenvalue weighted by Crippen LogP contribution is -2.32. The molecule has 0 fully saturated rings. The van der Waals surface area contributed by atoms with Crippen LogP contribution < -0.4 is 0 Å². The van der Waals surface area contributed by atoms with Crippen LogP contribution in [0.3, 0.4) is 0 Å². The first kappa shape index (κ1) is 24.4. The lowest BCUT2D eigenvalue weighted by atomic mass is 9.65. The first-order valence-electron chi connectivity index (χ1n) is 11.4. The van der Waals surface area contributed by atoms with Crippen molar-refractivity contribution < 1.29 is 15.3 Å². The Kier molecular flexibility index (Phi) is 6.65. The summed E-state index contributed by atoms with van der Waals surface area (Å²) in [4.78, 5) is 0. The predicted octanol–water partition coefficient (Wildman–Crippen LogP) is 7.46. The number of hydrogen-bond acceptors (Lipinski definition) is 3. The van der Waals surface area contributed by atoms with E-state index < -0.39 is 0 Å². The Morgan fingerprint density at radius 2 is 1.15 bits per heavy atom. The molecule has 33 heavy (non-hydrogen) atoms. The van der Waals surface area contributed by atoms with Gasteiger partial charge in [0.05, 0.1) is 0 Å². The van der Waals surface area contributed by atoms with Crippen LogP contribution in [0, 0.1) is 20.8 Å². The molecule has 3 heteroatoms. The standard InChI is InChI=1S/C30H36O3/c1-19-14-23(31)8-11-26(19)22(4)17-30(7,28-13-10-25(33)16-21(28)3)18-29(5,6)27-12-9-24(32)15-20(27)2/h8-17,31-33H,18H2,1-7H3. The van der Waals surface area contributed by atoms with Crippen LogP contribution in [0.1, 0.15) is 67.5 Å². The van der Waals surface area contributed by atoms with Crippen molar-refractivity contribution in [2.24, 2.45) is 0 Å². The number of phenols is 3. The van der Waals surface area contributed by atoms with E-state index in [-0.39, 0.29) is 28.1 Å². The molecular formula is C30H36O3. The first-order valence-corrected chi connectivity index (χ1v) is 11.4. The molecule has 3 aromatic rings. The van der Waals surface area contributed by atoms with E-state index in [0.717, 1.165) is 34.2 Å². The van der Waals surface area contributed by atoms with Gasteiger partial charge in [-0.1, -0.05) is 45.0 Å². The van der Waals surface area contributed by atoms with E-state index in [1.54, 1.807) is 24.3 Å². The van der Waals surface area contributed by atoms with Crippen LogP contribution in [0.2, 0.25) is 0 Å². The van der Waals surface area contributed by atoms with Crippen molar-refractivity contribution in [3.63, 3.8) is 0 Å². The first-order chi connectivity index (χ1) is 15.3. The van der Waals surface area contributed by atoms with Gasteiger partial charge in [-0.3, -0.25) is 0 Å². The molecule has 174 valence electrons. The molecule has 3 nitrogen and oxygen atoms in total. The van der Waals surface area contributed by atoms with Crippen molar-refractivity contribution >= 4 is 5.57 Å². The van der Waals surface area contributed by atoms with Gasteiger partial charge >= 0.3 is 0 Å². The highest BCUT2D eigenvalue weighted by Gasteiger charge is 2.35. The second-order valence-corrected chi connectivity index (χ2v) is 10.3. The van der Waals surface area contributed by atoms with E-state index in [4.69, 9.17) is 0 Å². The van der Waals surface area contributed by atoms with Crippen molar-refractivity contribution in [1.82, 2.24) is 0 Å². The fourth-order valence-electron chi connectivity index (χ4n) is 5.58. The summed E-state index contributed by atoms with van der Waals surface area (Å²) in [5, 5.41) is 29.8. The Balaban J connectivity index is 2.17. The fraction of sp³-hybridized carbons (Fsp3) is 0.333. The molecule has 0 aliphatic carbocycles. The van der Waals surface area contributed by atoms with Crippen LogP contribution in [0.25, 0.3) is 5.57 Å². The second-order valence-electron chi connectivity index (χ2n) is 10.3. The second kappa shape index (κ2) is 8.97. The summed E-state index contributed by atoms with van der Waals surface area (Å²) < 4.78 is 0. The van der Waals surface area contributed by atoms with Crippen molar-refractivity contribution in [2.75, 3.05) is 0 Å². The van der Waals surface area contributed by atoms with E-state index >= 15 is 0 Å². The van der Waals surface area contributed by atoms with Crippen LogP contribution in [-0.4, -0.2) is 15.3 Å². The Hall–Kier alpha value is -3.20. The van der Waals surface area contributed by atoms with Gasteiger partial charge in [0.1, 0.15) is 17.2 Å². The molecule has 0 saturated carbocycles. The summed E-state index contributed by atoms with van der Waals surface area (Å²) in [6, 6.07) is 16.7. The van der Waals surface area contributed by atoms with Crippen molar-refractivity contribution in [3.05, 3.63) is 94.1 Å². The fourth-order valence-corrected chi connectivity index (χ4v) is 5.58. The molecular weight excluding hydrogens is 408 g/mol. The maximum atomic E-state index is 10.0. The number of aromatic hydroxyl groups is 3. The minimum atomic E-state index is -0.333. The average Bonchev–Trinajstić information content (AvgIpc) is 2.66. The molecule has 0 aliphatic rings. The molecule has 1 unspecified atom stereocenters. The van der Waals surface area contributed by atoms with E-state index in [2.05, 4.69) is 33.8 Å². The average molecular weight is 445 g/mol. The highest BCUT2D eigenvalue weighted by molar-refractivity contribution is 5.69. The molecule has 0 bridgehead atoms. The number of allylic oxidation sites excluding steroid dienone is 2. The summed E-state index contributed by atoms with van der Waals surface area (Å²) >= 11 is 0. The SMILES string of the molecule is CC(=CC(C)(CC(C)(C)c1ccc(O)cc1C)c1ccc(O)cc1C)c1ccc(O)cc1C. The molecule has 0 radical (unpaired) electrons. The molecule has 0 aliphatic heterocycles. The Bertz CT molecular complexity index is 1200. The van der Waals surface area contributed by atoms with Crippen LogP contribution in [0.5, 0.6) is 17.2 Å². The van der Waals surface area contributed by atoms with Gasteiger partial charge in [0.15, 0.2) is 0 Å². The molecule has 3 rings (SSSR count). The Labute approximate surface area is 198 Å².